The highest BCUT2D eigenvalue weighted by molar-refractivity contribution is 9.10. The lowest BCUT2D eigenvalue weighted by molar-refractivity contribution is 0.601. The Kier molecular flexibility index (Phi) is 4.35. The van der Waals surface area contributed by atoms with Crippen molar-refractivity contribution in [3.05, 3.63) is 51.0 Å². The summed E-state index contributed by atoms with van der Waals surface area (Å²) in [4.78, 5) is 3.95. The van der Waals surface area contributed by atoms with Gasteiger partial charge in [0, 0.05) is 21.8 Å². The van der Waals surface area contributed by atoms with Gasteiger partial charge in [0.2, 0.25) is 0 Å². The second-order valence-corrected chi connectivity index (χ2v) is 6.92. The zero-order valence-corrected chi connectivity index (χ0v) is 13.2. The maximum Gasteiger partial charge on any atom is 0.263 e. The van der Waals surface area contributed by atoms with Crippen molar-refractivity contribution in [3.8, 4) is 0 Å². The van der Waals surface area contributed by atoms with Gasteiger partial charge in [-0.1, -0.05) is 23.2 Å². The van der Waals surface area contributed by atoms with Gasteiger partial charge in [-0.2, -0.15) is 0 Å². The summed E-state index contributed by atoms with van der Waals surface area (Å²) in [5.74, 6) is 0.151. The third kappa shape index (κ3) is 3.60. The van der Waals surface area contributed by atoms with Gasteiger partial charge >= 0.3 is 0 Å². The molecule has 1 N–H and O–H groups in total. The first-order valence-electron chi connectivity index (χ1n) is 4.98. The van der Waals surface area contributed by atoms with E-state index in [0.29, 0.717) is 14.5 Å². The van der Waals surface area contributed by atoms with E-state index in [-0.39, 0.29) is 10.7 Å². The van der Waals surface area contributed by atoms with Crippen molar-refractivity contribution in [3.63, 3.8) is 0 Å². The van der Waals surface area contributed by atoms with Crippen LogP contribution in [0.4, 0.5) is 5.82 Å². The fourth-order valence-corrected chi connectivity index (χ4v) is 3.13. The molecule has 0 fully saturated rings. The van der Waals surface area contributed by atoms with Crippen LogP contribution in [0.2, 0.25) is 10.0 Å². The summed E-state index contributed by atoms with van der Waals surface area (Å²) < 4.78 is 27.1. The van der Waals surface area contributed by atoms with Crippen molar-refractivity contribution in [1.82, 2.24) is 4.98 Å². The third-order valence-electron chi connectivity index (χ3n) is 2.16. The van der Waals surface area contributed by atoms with Crippen LogP contribution in [-0.2, 0) is 10.0 Å². The van der Waals surface area contributed by atoms with E-state index in [0.717, 1.165) is 0 Å². The van der Waals surface area contributed by atoms with E-state index in [4.69, 9.17) is 23.2 Å². The molecule has 1 heterocycles. The molecular formula is C11H7BrCl2N2O2S. The second-order valence-electron chi connectivity index (χ2n) is 3.54. The Balaban J connectivity index is 2.35. The highest BCUT2D eigenvalue weighted by Crippen LogP contribution is 2.26. The summed E-state index contributed by atoms with van der Waals surface area (Å²) >= 11 is 14.8. The van der Waals surface area contributed by atoms with Crippen molar-refractivity contribution in [1.29, 1.82) is 0 Å². The Labute approximate surface area is 128 Å². The molecule has 1 aromatic heterocycles. The van der Waals surface area contributed by atoms with Crippen LogP contribution in [0.5, 0.6) is 0 Å². The molecule has 0 saturated heterocycles. The van der Waals surface area contributed by atoms with Gasteiger partial charge in [0.25, 0.3) is 10.0 Å². The number of nitrogens with zero attached hydrogens (tertiary/aromatic N) is 1. The van der Waals surface area contributed by atoms with E-state index in [1.165, 1.54) is 30.5 Å². The van der Waals surface area contributed by atoms with Gasteiger partial charge in [-0.3, -0.25) is 4.72 Å². The molecule has 0 aliphatic heterocycles. The van der Waals surface area contributed by atoms with Crippen molar-refractivity contribution < 1.29 is 8.42 Å². The largest absolute Gasteiger partial charge is 0.263 e. The Bertz CT molecular complexity index is 722. The molecule has 100 valence electrons. The number of benzene rings is 1. The molecule has 0 aliphatic rings. The van der Waals surface area contributed by atoms with Gasteiger partial charge in [-0.25, -0.2) is 13.4 Å². The van der Waals surface area contributed by atoms with Crippen LogP contribution in [0.1, 0.15) is 0 Å². The van der Waals surface area contributed by atoms with Gasteiger partial charge in [0.1, 0.15) is 5.82 Å². The van der Waals surface area contributed by atoms with Gasteiger partial charge in [0.05, 0.1) is 9.92 Å². The van der Waals surface area contributed by atoms with Crippen LogP contribution in [0.3, 0.4) is 0 Å². The van der Waals surface area contributed by atoms with E-state index in [1.807, 2.05) is 0 Å². The summed E-state index contributed by atoms with van der Waals surface area (Å²) in [5.41, 5.74) is 0. The Hall–Kier alpha value is -0.820. The minimum Gasteiger partial charge on any atom is -0.263 e. The first kappa shape index (κ1) is 14.6. The van der Waals surface area contributed by atoms with Gasteiger partial charge in [0.15, 0.2) is 0 Å². The number of nitrogens with one attached hydrogen (secondary N) is 1. The molecule has 0 radical (unpaired) electrons. The second kappa shape index (κ2) is 5.66. The van der Waals surface area contributed by atoms with Gasteiger partial charge in [-0.15, -0.1) is 0 Å². The van der Waals surface area contributed by atoms with Gasteiger partial charge < -0.3 is 0 Å². The molecule has 0 bridgehead atoms. The van der Waals surface area contributed by atoms with Crippen LogP contribution in [0.15, 0.2) is 45.9 Å². The first-order chi connectivity index (χ1) is 8.88. The average molecular weight is 382 g/mol. The molecule has 19 heavy (non-hydrogen) atoms. The monoisotopic (exact) mass is 380 g/mol. The molecule has 0 unspecified atom stereocenters. The number of halogens is 3. The van der Waals surface area contributed by atoms with Gasteiger partial charge in [-0.05, 0) is 40.2 Å². The van der Waals surface area contributed by atoms with E-state index in [9.17, 15) is 8.42 Å². The highest BCUT2D eigenvalue weighted by Gasteiger charge is 2.16. The molecule has 4 nitrogen and oxygen atoms in total. The quantitative estimate of drug-likeness (QED) is 0.875. The minimum absolute atomic E-state index is 0.0746. The van der Waals surface area contributed by atoms with Crippen molar-refractivity contribution in [2.45, 2.75) is 4.90 Å². The fourth-order valence-electron chi connectivity index (χ4n) is 1.30. The Morgan fingerprint density at radius 2 is 1.89 bits per heavy atom. The molecule has 0 amide bonds. The van der Waals surface area contributed by atoms with E-state index >= 15 is 0 Å². The number of sulfonamides is 1. The zero-order valence-electron chi connectivity index (χ0n) is 9.27. The molecule has 0 saturated carbocycles. The van der Waals surface area contributed by atoms with Crippen molar-refractivity contribution >= 4 is 55.0 Å². The number of pyridine rings is 1. The number of hydrogen-bond acceptors (Lipinski definition) is 3. The molecule has 0 aliphatic carbocycles. The summed E-state index contributed by atoms with van der Waals surface area (Å²) in [6, 6.07) is 7.28. The van der Waals surface area contributed by atoms with Crippen LogP contribution >= 0.6 is 39.1 Å². The predicted octanol–water partition coefficient (Wildman–Crippen LogP) is 3.95. The van der Waals surface area contributed by atoms with Crippen LogP contribution < -0.4 is 4.72 Å². The van der Waals surface area contributed by atoms with Crippen molar-refractivity contribution in [2.75, 3.05) is 4.72 Å². The minimum atomic E-state index is -3.73. The SMILES string of the molecule is O=S(=O)(Nc1cc(Cl)ccn1)c1ccc(Cl)c(Br)c1. The maximum absolute atomic E-state index is 12.1. The number of hydrogen-bond donors (Lipinski definition) is 1. The molecule has 2 rings (SSSR count). The van der Waals surface area contributed by atoms with E-state index in [1.54, 1.807) is 6.07 Å². The molecule has 2 aromatic rings. The summed E-state index contributed by atoms with van der Waals surface area (Å²) in [7, 11) is -3.73. The predicted molar refractivity (Wildman–Crippen MR) is 79.2 cm³/mol. The molecule has 8 heteroatoms. The Morgan fingerprint density at radius 3 is 2.53 bits per heavy atom. The number of rotatable bonds is 3. The normalized spacial score (nSPS) is 11.3. The summed E-state index contributed by atoms with van der Waals surface area (Å²) in [6.45, 7) is 0. The van der Waals surface area contributed by atoms with E-state index in [2.05, 4.69) is 25.6 Å². The zero-order chi connectivity index (χ0) is 14.0. The fraction of sp³-hybridized carbons (Fsp3) is 0. The molecule has 0 spiro atoms. The van der Waals surface area contributed by atoms with E-state index < -0.39 is 10.0 Å². The van der Waals surface area contributed by atoms with Crippen LogP contribution in [0.25, 0.3) is 0 Å². The topological polar surface area (TPSA) is 59.1 Å². The lowest BCUT2D eigenvalue weighted by atomic mass is 10.4. The molecule has 1 aromatic carbocycles. The maximum atomic E-state index is 12.1. The molecule has 0 atom stereocenters. The highest BCUT2D eigenvalue weighted by atomic mass is 79.9. The first-order valence-corrected chi connectivity index (χ1v) is 8.01. The lowest BCUT2D eigenvalue weighted by Gasteiger charge is -2.08. The summed E-state index contributed by atoms with van der Waals surface area (Å²) in [5, 5.41) is 0.824. The summed E-state index contributed by atoms with van der Waals surface area (Å²) in [6.07, 6.45) is 1.41. The standard InChI is InChI=1S/C11H7BrCl2N2O2S/c12-9-6-8(1-2-10(9)14)19(17,18)16-11-5-7(13)3-4-15-11/h1-6H,(H,15,16). The van der Waals surface area contributed by atoms with Crippen LogP contribution in [0, 0.1) is 0 Å². The lowest BCUT2D eigenvalue weighted by Crippen LogP contribution is -2.13. The smallest absolute Gasteiger partial charge is 0.263 e. The Morgan fingerprint density at radius 1 is 1.16 bits per heavy atom. The number of anilines is 1. The number of aromatic nitrogens is 1. The average Bonchev–Trinajstić information content (AvgIpc) is 2.32. The van der Waals surface area contributed by atoms with Crippen molar-refractivity contribution in [2.24, 2.45) is 0 Å². The van der Waals surface area contributed by atoms with Crippen LogP contribution in [-0.4, -0.2) is 13.4 Å². The molecular weight excluding hydrogens is 375 g/mol. The third-order valence-corrected chi connectivity index (χ3v) is 4.96.